The largest absolute Gasteiger partial charge is 0.503 e. The molecule has 2 aromatic rings. The Kier molecular flexibility index (Phi) is 8.27. The summed E-state index contributed by atoms with van der Waals surface area (Å²) in [5, 5.41) is 35.8. The number of quaternary nitrogens is 1. The number of nitrogens with one attached hydrogen (secondary N) is 1. The SMILES string of the molecule is N=N/C(=C\[NH2+]C1C(O)=C(Sc2ccc(Cl)c(Cl)c2)OC(CO)[C@@H]1O)c1cc(F)c(F)c(F)c1. The Morgan fingerprint density at radius 1 is 1.18 bits per heavy atom. The minimum Gasteiger partial charge on any atom is -0.503 e. The number of hydrogen-bond acceptors (Lipinski definition) is 7. The fourth-order valence-corrected chi connectivity index (χ4v) is 4.27. The van der Waals surface area contributed by atoms with Gasteiger partial charge in [-0.15, -0.1) is 0 Å². The van der Waals surface area contributed by atoms with Crippen LogP contribution in [0.25, 0.3) is 5.70 Å². The van der Waals surface area contributed by atoms with E-state index in [9.17, 15) is 28.5 Å². The molecule has 0 fully saturated rings. The lowest BCUT2D eigenvalue weighted by atomic mass is 10.0. The van der Waals surface area contributed by atoms with Gasteiger partial charge in [0.1, 0.15) is 11.9 Å². The Morgan fingerprint density at radius 3 is 2.42 bits per heavy atom. The molecule has 6 N–H and O–H groups in total. The monoisotopic (exact) mass is 522 g/mol. The van der Waals surface area contributed by atoms with Crippen molar-refractivity contribution in [2.75, 3.05) is 6.61 Å². The van der Waals surface area contributed by atoms with Crippen LogP contribution in [0.1, 0.15) is 5.56 Å². The molecule has 3 atom stereocenters. The zero-order valence-electron chi connectivity index (χ0n) is 16.5. The topological polar surface area (TPSA) is 123 Å². The molecule has 0 aliphatic carbocycles. The molecule has 176 valence electrons. The second kappa shape index (κ2) is 10.8. The lowest BCUT2D eigenvalue weighted by Gasteiger charge is -2.32. The highest BCUT2D eigenvalue weighted by Gasteiger charge is 2.42. The van der Waals surface area contributed by atoms with Crippen molar-refractivity contribution in [3.05, 3.63) is 80.4 Å². The van der Waals surface area contributed by atoms with Gasteiger partial charge in [0.05, 0.1) is 16.7 Å². The van der Waals surface area contributed by atoms with Crippen LogP contribution in [-0.4, -0.2) is 40.2 Å². The molecule has 2 aromatic carbocycles. The summed E-state index contributed by atoms with van der Waals surface area (Å²) >= 11 is 12.9. The maximum Gasteiger partial charge on any atom is 0.204 e. The van der Waals surface area contributed by atoms with E-state index in [1.165, 1.54) is 11.4 Å². The minimum absolute atomic E-state index is 0.0318. The fraction of sp³-hybridized carbons (Fsp3) is 0.200. The lowest BCUT2D eigenvalue weighted by Crippen LogP contribution is -2.89. The van der Waals surface area contributed by atoms with Gasteiger partial charge in [-0.25, -0.2) is 18.7 Å². The minimum atomic E-state index is -1.66. The van der Waals surface area contributed by atoms with Crippen LogP contribution in [0.2, 0.25) is 10.0 Å². The number of nitrogens with two attached hydrogens (primary N) is 1. The molecule has 1 aliphatic rings. The first kappa shape index (κ1) is 25.3. The summed E-state index contributed by atoms with van der Waals surface area (Å²) < 4.78 is 45.8. The number of rotatable bonds is 7. The highest BCUT2D eigenvalue weighted by Crippen LogP contribution is 2.37. The number of thioether (sulfide) groups is 1. The Labute approximate surface area is 200 Å². The zero-order chi connectivity index (χ0) is 24.3. The third-order valence-electron chi connectivity index (χ3n) is 4.68. The lowest BCUT2D eigenvalue weighted by molar-refractivity contribution is -0.632. The van der Waals surface area contributed by atoms with Gasteiger partial charge in [-0.3, -0.25) is 0 Å². The van der Waals surface area contributed by atoms with E-state index in [1.807, 2.05) is 0 Å². The van der Waals surface area contributed by atoms with Gasteiger partial charge in [0.25, 0.3) is 0 Å². The molecule has 0 saturated heterocycles. The fourth-order valence-electron chi connectivity index (χ4n) is 2.97. The van der Waals surface area contributed by atoms with E-state index >= 15 is 0 Å². The summed E-state index contributed by atoms with van der Waals surface area (Å²) in [6.07, 6.45) is -1.39. The number of nitrogens with zero attached hydrogens (tertiary/aromatic N) is 1. The first-order chi connectivity index (χ1) is 15.7. The molecule has 3 rings (SSSR count). The van der Waals surface area contributed by atoms with Gasteiger partial charge in [0, 0.05) is 10.5 Å². The van der Waals surface area contributed by atoms with Gasteiger partial charge in [0.2, 0.25) is 10.9 Å². The normalized spacial score (nSPS) is 21.2. The summed E-state index contributed by atoms with van der Waals surface area (Å²) in [5.74, 6) is -4.99. The first-order valence-electron chi connectivity index (χ1n) is 9.25. The predicted molar refractivity (Wildman–Crippen MR) is 115 cm³/mol. The molecule has 0 saturated carbocycles. The van der Waals surface area contributed by atoms with Crippen LogP contribution in [0.4, 0.5) is 13.2 Å². The molecule has 2 unspecified atom stereocenters. The smallest absolute Gasteiger partial charge is 0.204 e. The number of halogens is 5. The van der Waals surface area contributed by atoms with Gasteiger partial charge in [-0.1, -0.05) is 23.2 Å². The van der Waals surface area contributed by atoms with E-state index in [1.54, 1.807) is 12.1 Å². The van der Waals surface area contributed by atoms with Crippen LogP contribution in [-0.2, 0) is 4.74 Å². The van der Waals surface area contributed by atoms with Crippen LogP contribution in [0.3, 0.4) is 0 Å². The molecule has 0 aromatic heterocycles. The molecule has 1 aliphatic heterocycles. The molecular weight excluding hydrogens is 506 g/mol. The third-order valence-corrected chi connectivity index (χ3v) is 6.39. The summed E-state index contributed by atoms with van der Waals surface area (Å²) in [5.41, 5.74) is 6.79. The average molecular weight is 523 g/mol. The second-order valence-electron chi connectivity index (χ2n) is 6.82. The summed E-state index contributed by atoms with van der Waals surface area (Å²) in [4.78, 5) is 0.549. The Bertz CT molecular complexity index is 1110. The maximum absolute atomic E-state index is 13.6. The Hall–Kier alpha value is -2.28. The van der Waals surface area contributed by atoms with Crippen molar-refractivity contribution in [1.29, 1.82) is 5.53 Å². The van der Waals surface area contributed by atoms with Crippen LogP contribution in [0.15, 0.2) is 57.4 Å². The quantitative estimate of drug-likeness (QED) is 0.278. The Morgan fingerprint density at radius 2 is 1.85 bits per heavy atom. The number of hydrogen-bond donors (Lipinski definition) is 5. The molecule has 13 heteroatoms. The highest BCUT2D eigenvalue weighted by atomic mass is 35.5. The summed E-state index contributed by atoms with van der Waals surface area (Å²) in [6.45, 7) is -0.585. The van der Waals surface area contributed by atoms with Gasteiger partial charge in [0.15, 0.2) is 35.7 Å². The average Bonchev–Trinajstić information content (AvgIpc) is 2.78. The molecule has 0 amide bonds. The molecule has 1 heterocycles. The number of benzene rings is 2. The Balaban J connectivity index is 1.92. The van der Waals surface area contributed by atoms with Crippen molar-refractivity contribution in [2.45, 2.75) is 23.1 Å². The van der Waals surface area contributed by atoms with Crippen molar-refractivity contribution in [3.8, 4) is 0 Å². The van der Waals surface area contributed by atoms with Crippen LogP contribution in [0, 0.1) is 23.0 Å². The number of aliphatic hydroxyl groups excluding tert-OH is 3. The molecule has 0 radical (unpaired) electrons. The van der Waals surface area contributed by atoms with Crippen LogP contribution >= 0.6 is 35.0 Å². The van der Waals surface area contributed by atoms with E-state index in [2.05, 4.69) is 5.11 Å². The van der Waals surface area contributed by atoms with Crippen LogP contribution in [0.5, 0.6) is 0 Å². The van der Waals surface area contributed by atoms with E-state index in [-0.39, 0.29) is 21.4 Å². The first-order valence-corrected chi connectivity index (χ1v) is 10.8. The van der Waals surface area contributed by atoms with Crippen molar-refractivity contribution in [3.63, 3.8) is 0 Å². The predicted octanol–water partition coefficient (Wildman–Crippen LogP) is 3.94. The summed E-state index contributed by atoms with van der Waals surface area (Å²) in [7, 11) is 0. The van der Waals surface area contributed by atoms with Gasteiger partial charge in [-0.2, -0.15) is 5.11 Å². The molecule has 0 bridgehead atoms. The summed E-state index contributed by atoms with van der Waals surface area (Å²) in [6, 6.07) is 4.88. The van der Waals surface area contributed by atoms with Crippen LogP contribution < -0.4 is 5.32 Å². The molecular formula is C20H17Cl2F3N3O4S+. The van der Waals surface area contributed by atoms with Gasteiger partial charge < -0.3 is 25.4 Å². The van der Waals surface area contributed by atoms with Crippen molar-refractivity contribution in [1.82, 2.24) is 0 Å². The third kappa shape index (κ3) is 5.62. The maximum atomic E-state index is 13.6. The van der Waals surface area contributed by atoms with Gasteiger partial charge >= 0.3 is 0 Å². The zero-order valence-corrected chi connectivity index (χ0v) is 18.8. The van der Waals surface area contributed by atoms with E-state index < -0.39 is 48.1 Å². The highest BCUT2D eigenvalue weighted by molar-refractivity contribution is 8.03. The van der Waals surface area contributed by atoms with Gasteiger partial charge in [-0.05, 0) is 42.1 Å². The van der Waals surface area contributed by atoms with E-state index in [0.29, 0.717) is 22.1 Å². The van der Waals surface area contributed by atoms with Crippen molar-refractivity contribution in [2.24, 2.45) is 5.11 Å². The van der Waals surface area contributed by atoms with E-state index in [0.717, 1.165) is 18.0 Å². The molecule has 33 heavy (non-hydrogen) atoms. The molecule has 7 nitrogen and oxygen atoms in total. The van der Waals surface area contributed by atoms with Crippen molar-refractivity contribution < 1.29 is 38.5 Å². The molecule has 0 spiro atoms. The van der Waals surface area contributed by atoms with Crippen molar-refractivity contribution >= 4 is 40.7 Å². The second-order valence-corrected chi connectivity index (χ2v) is 8.68. The standard InChI is InChI=1S/C20H16Cl2F3N3O4S/c21-10-2-1-9(5-11(10)22)33-20-19(31)17(18(30)15(7-29)32-20)27-6-14(28-26)8-3-12(23)16(25)13(24)4-8/h1-6,15,17-18,26-27,29-31H,7H2/p+1/b14-6-,28-26?/t15?,17?,18-/m0/s1. The van der Waals surface area contributed by atoms with E-state index in [4.69, 9.17) is 33.5 Å². The number of aliphatic hydroxyl groups is 3. The number of ether oxygens (including phenoxy) is 1.